The molecule has 0 bridgehead atoms. The number of anilines is 1. The van der Waals surface area contributed by atoms with Gasteiger partial charge in [-0.25, -0.2) is 10.8 Å². The molecule has 1 fully saturated rings. The molecule has 1 amide bonds. The molecule has 0 saturated heterocycles. The molecule has 0 atom stereocenters. The number of carbonyl (C=O) groups excluding carboxylic acids is 1. The van der Waals surface area contributed by atoms with Crippen LogP contribution in [0.4, 0.5) is 5.82 Å². The zero-order valence-corrected chi connectivity index (χ0v) is 12.1. The Labute approximate surface area is 120 Å². The number of hydrogen-bond acceptors (Lipinski definition) is 4. The van der Waals surface area contributed by atoms with Crippen LogP contribution < -0.4 is 16.6 Å². The average Bonchev–Trinajstić information content (AvgIpc) is 2.49. The van der Waals surface area contributed by atoms with Gasteiger partial charge in [0.1, 0.15) is 5.82 Å². The van der Waals surface area contributed by atoms with Crippen LogP contribution >= 0.6 is 0 Å². The highest BCUT2D eigenvalue weighted by atomic mass is 16.1. The van der Waals surface area contributed by atoms with Gasteiger partial charge in [-0.1, -0.05) is 19.8 Å². The maximum atomic E-state index is 12.2. The van der Waals surface area contributed by atoms with E-state index in [1.807, 2.05) is 0 Å². The fourth-order valence-electron chi connectivity index (χ4n) is 2.92. The quantitative estimate of drug-likeness (QED) is 0.570. The maximum Gasteiger partial charge on any atom is 0.251 e. The third kappa shape index (κ3) is 3.93. The molecule has 110 valence electrons. The summed E-state index contributed by atoms with van der Waals surface area (Å²) in [4.78, 5) is 16.2. The molecule has 0 spiro atoms. The second-order valence-electron chi connectivity index (χ2n) is 5.55. The lowest BCUT2D eigenvalue weighted by molar-refractivity contribution is 0.0921. The van der Waals surface area contributed by atoms with E-state index in [2.05, 4.69) is 22.7 Å². The first-order chi connectivity index (χ1) is 9.72. The SMILES string of the molecule is CCCC1CCC(NC(=O)c2ccnc(NN)c2)CC1. The van der Waals surface area contributed by atoms with Gasteiger partial charge in [0.25, 0.3) is 5.91 Å². The van der Waals surface area contributed by atoms with Gasteiger partial charge in [0, 0.05) is 17.8 Å². The Kier molecular flexibility index (Phi) is 5.35. The van der Waals surface area contributed by atoms with E-state index in [9.17, 15) is 4.79 Å². The van der Waals surface area contributed by atoms with Gasteiger partial charge in [0.15, 0.2) is 0 Å². The minimum absolute atomic E-state index is 0.0390. The van der Waals surface area contributed by atoms with Gasteiger partial charge in [-0.2, -0.15) is 0 Å². The first-order valence-electron chi connectivity index (χ1n) is 7.46. The van der Waals surface area contributed by atoms with Crippen molar-refractivity contribution in [3.8, 4) is 0 Å². The molecule has 1 saturated carbocycles. The lowest BCUT2D eigenvalue weighted by Gasteiger charge is -2.29. The Hall–Kier alpha value is -1.62. The second kappa shape index (κ2) is 7.24. The predicted octanol–water partition coefficient (Wildman–Crippen LogP) is 2.46. The molecule has 0 aliphatic heterocycles. The van der Waals surface area contributed by atoms with E-state index >= 15 is 0 Å². The molecule has 0 radical (unpaired) electrons. The average molecular weight is 276 g/mol. The van der Waals surface area contributed by atoms with Crippen molar-refractivity contribution < 1.29 is 4.79 Å². The number of rotatable bonds is 5. The fourth-order valence-corrected chi connectivity index (χ4v) is 2.92. The van der Waals surface area contributed by atoms with Crippen molar-refractivity contribution in [1.29, 1.82) is 0 Å². The molecule has 5 nitrogen and oxygen atoms in total. The van der Waals surface area contributed by atoms with Crippen molar-refractivity contribution in [3.63, 3.8) is 0 Å². The first kappa shape index (κ1) is 14.8. The van der Waals surface area contributed by atoms with Crippen molar-refractivity contribution in [2.24, 2.45) is 11.8 Å². The number of nitrogen functional groups attached to an aromatic ring is 1. The van der Waals surface area contributed by atoms with Crippen LogP contribution in [0.2, 0.25) is 0 Å². The van der Waals surface area contributed by atoms with E-state index in [-0.39, 0.29) is 5.91 Å². The Morgan fingerprint density at radius 1 is 1.40 bits per heavy atom. The van der Waals surface area contributed by atoms with Crippen molar-refractivity contribution in [2.75, 3.05) is 5.43 Å². The molecule has 4 N–H and O–H groups in total. The van der Waals surface area contributed by atoms with Crippen molar-refractivity contribution in [3.05, 3.63) is 23.9 Å². The van der Waals surface area contributed by atoms with Crippen LogP contribution in [0.5, 0.6) is 0 Å². The summed E-state index contributed by atoms with van der Waals surface area (Å²) in [5, 5.41) is 3.11. The highest BCUT2D eigenvalue weighted by Gasteiger charge is 2.22. The summed E-state index contributed by atoms with van der Waals surface area (Å²) in [6, 6.07) is 3.68. The van der Waals surface area contributed by atoms with Crippen LogP contribution in [-0.4, -0.2) is 16.9 Å². The standard InChI is InChI=1S/C15H24N4O/c1-2-3-11-4-6-13(7-5-11)18-15(20)12-8-9-17-14(10-12)19-16/h8-11,13H,2-7,16H2,1H3,(H,17,19)(H,18,20). The molecular formula is C15H24N4O. The highest BCUT2D eigenvalue weighted by Crippen LogP contribution is 2.27. The number of hydrazine groups is 1. The zero-order valence-electron chi connectivity index (χ0n) is 12.1. The Balaban J connectivity index is 1.86. The summed E-state index contributed by atoms with van der Waals surface area (Å²) >= 11 is 0. The van der Waals surface area contributed by atoms with E-state index in [0.717, 1.165) is 18.8 Å². The molecule has 5 heteroatoms. The maximum absolute atomic E-state index is 12.2. The van der Waals surface area contributed by atoms with E-state index in [1.54, 1.807) is 18.3 Å². The molecule has 2 rings (SSSR count). The number of aromatic nitrogens is 1. The van der Waals surface area contributed by atoms with Crippen molar-refractivity contribution in [1.82, 2.24) is 10.3 Å². The number of nitrogens with zero attached hydrogens (tertiary/aromatic N) is 1. The molecule has 0 unspecified atom stereocenters. The zero-order chi connectivity index (χ0) is 14.4. The molecule has 1 aromatic heterocycles. The topological polar surface area (TPSA) is 80.0 Å². The fraction of sp³-hybridized carbons (Fsp3) is 0.600. The van der Waals surface area contributed by atoms with Crippen LogP contribution in [0.15, 0.2) is 18.3 Å². The minimum atomic E-state index is -0.0390. The molecule has 1 aliphatic carbocycles. The minimum Gasteiger partial charge on any atom is -0.349 e. The Bertz CT molecular complexity index is 441. The second-order valence-corrected chi connectivity index (χ2v) is 5.55. The number of nitrogens with two attached hydrogens (primary N) is 1. The largest absolute Gasteiger partial charge is 0.349 e. The predicted molar refractivity (Wildman–Crippen MR) is 80.2 cm³/mol. The third-order valence-electron chi connectivity index (χ3n) is 4.05. The lowest BCUT2D eigenvalue weighted by Crippen LogP contribution is -2.37. The molecule has 20 heavy (non-hydrogen) atoms. The van der Waals surface area contributed by atoms with Gasteiger partial charge < -0.3 is 10.7 Å². The summed E-state index contributed by atoms with van der Waals surface area (Å²) in [6.45, 7) is 2.24. The molecule has 1 aliphatic rings. The number of nitrogens with one attached hydrogen (secondary N) is 2. The smallest absolute Gasteiger partial charge is 0.251 e. The lowest BCUT2D eigenvalue weighted by atomic mass is 9.83. The Morgan fingerprint density at radius 2 is 2.15 bits per heavy atom. The summed E-state index contributed by atoms with van der Waals surface area (Å²) in [5.41, 5.74) is 3.06. The van der Waals surface area contributed by atoms with Crippen molar-refractivity contribution >= 4 is 11.7 Å². The number of carbonyl (C=O) groups is 1. The highest BCUT2D eigenvalue weighted by molar-refractivity contribution is 5.94. The normalized spacial score (nSPS) is 22.3. The van der Waals surface area contributed by atoms with Gasteiger partial charge in [0.05, 0.1) is 0 Å². The first-order valence-corrected chi connectivity index (χ1v) is 7.46. The van der Waals surface area contributed by atoms with E-state index in [1.165, 1.54) is 25.7 Å². The van der Waals surface area contributed by atoms with Gasteiger partial charge in [0.2, 0.25) is 0 Å². The van der Waals surface area contributed by atoms with Crippen LogP contribution in [0.1, 0.15) is 55.8 Å². The van der Waals surface area contributed by atoms with Gasteiger partial charge in [-0.15, -0.1) is 0 Å². The van der Waals surface area contributed by atoms with Crippen LogP contribution in [0.3, 0.4) is 0 Å². The molecule has 1 aromatic rings. The summed E-state index contributed by atoms with van der Waals surface area (Å²) in [5.74, 6) is 6.62. The van der Waals surface area contributed by atoms with Gasteiger partial charge in [-0.3, -0.25) is 4.79 Å². The van der Waals surface area contributed by atoms with Crippen LogP contribution in [-0.2, 0) is 0 Å². The van der Waals surface area contributed by atoms with Crippen LogP contribution in [0.25, 0.3) is 0 Å². The molecule has 0 aromatic carbocycles. The van der Waals surface area contributed by atoms with E-state index in [0.29, 0.717) is 17.4 Å². The Morgan fingerprint density at radius 3 is 2.80 bits per heavy atom. The van der Waals surface area contributed by atoms with E-state index < -0.39 is 0 Å². The van der Waals surface area contributed by atoms with Crippen LogP contribution in [0, 0.1) is 5.92 Å². The molecule has 1 heterocycles. The van der Waals surface area contributed by atoms with Gasteiger partial charge >= 0.3 is 0 Å². The molecular weight excluding hydrogens is 252 g/mol. The summed E-state index contributed by atoms with van der Waals surface area (Å²) in [6.07, 6.45) is 8.79. The van der Waals surface area contributed by atoms with E-state index in [4.69, 9.17) is 5.84 Å². The van der Waals surface area contributed by atoms with Gasteiger partial charge in [-0.05, 0) is 43.7 Å². The third-order valence-corrected chi connectivity index (χ3v) is 4.05. The monoisotopic (exact) mass is 276 g/mol. The summed E-state index contributed by atoms with van der Waals surface area (Å²) in [7, 11) is 0. The number of hydrogen-bond donors (Lipinski definition) is 3. The summed E-state index contributed by atoms with van der Waals surface area (Å²) < 4.78 is 0. The number of amides is 1. The number of pyridine rings is 1. The van der Waals surface area contributed by atoms with Crippen molar-refractivity contribution in [2.45, 2.75) is 51.5 Å².